The van der Waals surface area contributed by atoms with E-state index in [2.05, 4.69) is 41.2 Å². The summed E-state index contributed by atoms with van der Waals surface area (Å²) in [6.07, 6.45) is 3.60. The first-order valence-electron chi connectivity index (χ1n) is 5.63. The van der Waals surface area contributed by atoms with Crippen LogP contribution in [0.15, 0.2) is 22.7 Å². The second-order valence-electron chi connectivity index (χ2n) is 4.03. The largest absolute Gasteiger partial charge is 0.383 e. The van der Waals surface area contributed by atoms with Gasteiger partial charge in [0.1, 0.15) is 0 Å². The van der Waals surface area contributed by atoms with Gasteiger partial charge in [-0.1, -0.05) is 35.7 Å². The molecule has 0 aromatic heterocycles. The fraction of sp³-hybridized carbons (Fsp3) is 0.462. The summed E-state index contributed by atoms with van der Waals surface area (Å²) in [6.45, 7) is 4.36. The first-order chi connectivity index (χ1) is 7.65. The van der Waals surface area contributed by atoms with E-state index in [0.717, 1.165) is 16.6 Å². The highest BCUT2D eigenvalue weighted by molar-refractivity contribution is 9.10. The summed E-state index contributed by atoms with van der Waals surface area (Å²) in [4.78, 5) is 0. The van der Waals surface area contributed by atoms with E-state index in [0.29, 0.717) is 11.6 Å². The maximum atomic E-state index is 8.86. The molecule has 1 aromatic carbocycles. The van der Waals surface area contributed by atoms with Crippen LogP contribution in [0.25, 0.3) is 0 Å². The molecule has 1 unspecified atom stereocenters. The standard InChI is InChI=1S/C13H17BrN2/c1-3-4-5-10(2)16-13-7-11(9-15)6-12(14)8-13/h6-8,10,16H,3-5H2,1-2H3. The molecule has 0 heterocycles. The highest BCUT2D eigenvalue weighted by atomic mass is 79.9. The van der Waals surface area contributed by atoms with E-state index in [1.807, 2.05) is 18.2 Å². The third-order valence-electron chi connectivity index (χ3n) is 2.43. The Morgan fingerprint density at radius 3 is 2.81 bits per heavy atom. The van der Waals surface area contributed by atoms with Crippen molar-refractivity contribution in [3.05, 3.63) is 28.2 Å². The van der Waals surface area contributed by atoms with Crippen molar-refractivity contribution in [2.75, 3.05) is 5.32 Å². The molecule has 16 heavy (non-hydrogen) atoms. The lowest BCUT2D eigenvalue weighted by Gasteiger charge is -2.15. The van der Waals surface area contributed by atoms with Gasteiger partial charge in [-0.05, 0) is 31.5 Å². The maximum Gasteiger partial charge on any atom is 0.0992 e. The Hall–Kier alpha value is -1.01. The van der Waals surface area contributed by atoms with E-state index in [1.165, 1.54) is 12.8 Å². The second kappa shape index (κ2) is 6.55. The predicted octanol–water partition coefficient (Wildman–Crippen LogP) is 4.31. The predicted molar refractivity (Wildman–Crippen MR) is 71.5 cm³/mol. The van der Waals surface area contributed by atoms with Crippen LogP contribution in [0, 0.1) is 11.3 Å². The Bertz CT molecular complexity index is 382. The Kier molecular flexibility index (Phi) is 5.34. The van der Waals surface area contributed by atoms with Gasteiger partial charge in [0.05, 0.1) is 11.6 Å². The van der Waals surface area contributed by atoms with Gasteiger partial charge in [-0.25, -0.2) is 0 Å². The lowest BCUT2D eigenvalue weighted by molar-refractivity contribution is 0.645. The van der Waals surface area contributed by atoms with Gasteiger partial charge < -0.3 is 5.32 Å². The van der Waals surface area contributed by atoms with Crippen LogP contribution in [0.4, 0.5) is 5.69 Å². The maximum absolute atomic E-state index is 8.86. The minimum atomic E-state index is 0.445. The monoisotopic (exact) mass is 280 g/mol. The number of hydrogen-bond donors (Lipinski definition) is 1. The summed E-state index contributed by atoms with van der Waals surface area (Å²) in [5.74, 6) is 0. The highest BCUT2D eigenvalue weighted by Gasteiger charge is 2.03. The summed E-state index contributed by atoms with van der Waals surface area (Å²) < 4.78 is 0.941. The fourth-order valence-electron chi connectivity index (χ4n) is 1.60. The van der Waals surface area contributed by atoms with Gasteiger partial charge in [-0.3, -0.25) is 0 Å². The van der Waals surface area contributed by atoms with Gasteiger partial charge in [0, 0.05) is 16.2 Å². The Balaban J connectivity index is 2.66. The molecule has 0 saturated heterocycles. The quantitative estimate of drug-likeness (QED) is 0.872. The van der Waals surface area contributed by atoms with Crippen LogP contribution in [0.1, 0.15) is 38.7 Å². The summed E-state index contributed by atoms with van der Waals surface area (Å²) >= 11 is 3.41. The van der Waals surface area contributed by atoms with Crippen LogP contribution < -0.4 is 5.32 Å². The average molecular weight is 281 g/mol. The Morgan fingerprint density at radius 1 is 1.44 bits per heavy atom. The average Bonchev–Trinajstić information content (AvgIpc) is 2.25. The number of benzene rings is 1. The van der Waals surface area contributed by atoms with Gasteiger partial charge >= 0.3 is 0 Å². The number of halogens is 1. The number of anilines is 1. The molecule has 1 atom stereocenters. The Morgan fingerprint density at radius 2 is 2.19 bits per heavy atom. The number of nitriles is 1. The third-order valence-corrected chi connectivity index (χ3v) is 2.89. The first-order valence-corrected chi connectivity index (χ1v) is 6.42. The van der Waals surface area contributed by atoms with E-state index in [4.69, 9.17) is 5.26 Å². The van der Waals surface area contributed by atoms with Gasteiger partial charge in [0.2, 0.25) is 0 Å². The van der Waals surface area contributed by atoms with E-state index >= 15 is 0 Å². The zero-order chi connectivity index (χ0) is 12.0. The molecule has 0 fully saturated rings. The van der Waals surface area contributed by atoms with Gasteiger partial charge in [0.25, 0.3) is 0 Å². The van der Waals surface area contributed by atoms with Crippen LogP contribution in [-0.2, 0) is 0 Å². The molecule has 1 aromatic rings. The highest BCUT2D eigenvalue weighted by Crippen LogP contribution is 2.20. The second-order valence-corrected chi connectivity index (χ2v) is 4.94. The fourth-order valence-corrected chi connectivity index (χ4v) is 2.10. The van der Waals surface area contributed by atoms with Crippen LogP contribution in [0.2, 0.25) is 0 Å². The topological polar surface area (TPSA) is 35.8 Å². The van der Waals surface area contributed by atoms with Crippen molar-refractivity contribution in [2.45, 2.75) is 39.2 Å². The van der Waals surface area contributed by atoms with Gasteiger partial charge in [-0.15, -0.1) is 0 Å². The molecule has 2 nitrogen and oxygen atoms in total. The molecule has 1 N–H and O–H groups in total. The Labute approximate surface area is 106 Å². The summed E-state index contributed by atoms with van der Waals surface area (Å²) in [6, 6.07) is 8.31. The number of unbranched alkanes of at least 4 members (excludes halogenated alkanes) is 1. The van der Waals surface area contributed by atoms with Crippen molar-refractivity contribution < 1.29 is 0 Å². The van der Waals surface area contributed by atoms with Gasteiger partial charge in [0.15, 0.2) is 0 Å². The normalized spacial score (nSPS) is 11.9. The molecule has 0 aliphatic rings. The van der Waals surface area contributed by atoms with E-state index in [9.17, 15) is 0 Å². The zero-order valence-electron chi connectivity index (χ0n) is 9.76. The van der Waals surface area contributed by atoms with Crippen molar-refractivity contribution in [3.8, 4) is 6.07 Å². The molecular weight excluding hydrogens is 264 g/mol. The molecule has 0 saturated carbocycles. The van der Waals surface area contributed by atoms with Crippen LogP contribution in [0.5, 0.6) is 0 Å². The van der Waals surface area contributed by atoms with E-state index in [-0.39, 0.29) is 0 Å². The van der Waals surface area contributed by atoms with Crippen LogP contribution in [0.3, 0.4) is 0 Å². The van der Waals surface area contributed by atoms with E-state index in [1.54, 1.807) is 0 Å². The molecule has 0 amide bonds. The van der Waals surface area contributed by atoms with Crippen molar-refractivity contribution in [3.63, 3.8) is 0 Å². The molecular formula is C13H17BrN2. The van der Waals surface area contributed by atoms with Crippen molar-refractivity contribution in [1.82, 2.24) is 0 Å². The molecule has 86 valence electrons. The number of nitrogens with zero attached hydrogens (tertiary/aromatic N) is 1. The molecule has 0 bridgehead atoms. The molecule has 0 aliphatic carbocycles. The minimum absolute atomic E-state index is 0.445. The minimum Gasteiger partial charge on any atom is -0.383 e. The number of hydrogen-bond acceptors (Lipinski definition) is 2. The van der Waals surface area contributed by atoms with E-state index < -0.39 is 0 Å². The number of rotatable bonds is 5. The van der Waals surface area contributed by atoms with Crippen LogP contribution in [-0.4, -0.2) is 6.04 Å². The van der Waals surface area contributed by atoms with Crippen molar-refractivity contribution in [1.29, 1.82) is 5.26 Å². The smallest absolute Gasteiger partial charge is 0.0992 e. The summed E-state index contributed by atoms with van der Waals surface area (Å²) in [5.41, 5.74) is 1.69. The molecule has 0 aliphatic heterocycles. The SMILES string of the molecule is CCCCC(C)Nc1cc(Br)cc(C#N)c1. The van der Waals surface area contributed by atoms with Crippen LogP contribution >= 0.6 is 15.9 Å². The molecule has 0 spiro atoms. The molecule has 1 rings (SSSR count). The van der Waals surface area contributed by atoms with Gasteiger partial charge in [-0.2, -0.15) is 5.26 Å². The van der Waals surface area contributed by atoms with Crippen molar-refractivity contribution >= 4 is 21.6 Å². The molecule has 3 heteroatoms. The first kappa shape index (κ1) is 13.1. The number of nitrogens with one attached hydrogen (secondary N) is 1. The molecule has 0 radical (unpaired) electrons. The third kappa shape index (κ3) is 4.24. The van der Waals surface area contributed by atoms with Crippen molar-refractivity contribution in [2.24, 2.45) is 0 Å². The lowest BCUT2D eigenvalue weighted by atomic mass is 10.1. The summed E-state index contributed by atoms with van der Waals surface area (Å²) in [5, 5.41) is 12.3. The summed E-state index contributed by atoms with van der Waals surface area (Å²) in [7, 11) is 0. The zero-order valence-corrected chi connectivity index (χ0v) is 11.3. The lowest BCUT2D eigenvalue weighted by Crippen LogP contribution is -2.14.